The first kappa shape index (κ1) is 15.2. The number of carbonyl (C=O) groups is 1. The number of methoxy groups -OCH3 is 1. The van der Waals surface area contributed by atoms with E-state index in [1.165, 1.54) is 0 Å². The normalized spacial score (nSPS) is 43.4. The molecule has 0 aromatic heterocycles. The summed E-state index contributed by atoms with van der Waals surface area (Å²) < 4.78 is 18.0. The Morgan fingerprint density at radius 1 is 1.17 bits per heavy atom. The maximum atomic E-state index is 12.8. The van der Waals surface area contributed by atoms with E-state index in [0.717, 1.165) is 5.56 Å². The minimum Gasteiger partial charge on any atom is -0.373 e. The Balaban J connectivity index is 1.84. The molecule has 1 unspecified atom stereocenters. The van der Waals surface area contributed by atoms with Gasteiger partial charge in [0.2, 0.25) is 12.6 Å². The van der Waals surface area contributed by atoms with Gasteiger partial charge in [0.05, 0.1) is 5.92 Å². The lowest BCUT2D eigenvalue weighted by Crippen LogP contribution is -2.68. The molecule has 7 atom stereocenters. The molecule has 3 fully saturated rings. The number of benzene rings is 1. The first-order valence-electron chi connectivity index (χ1n) is 7.86. The second kappa shape index (κ2) is 5.36. The van der Waals surface area contributed by atoms with Crippen molar-refractivity contribution in [2.24, 2.45) is 11.8 Å². The highest BCUT2D eigenvalue weighted by molar-refractivity contribution is 5.85. The SMILES string of the molecule is COC(c1ccccc1)[C@]12O[C@H]([C@@H]3OO[C@H]1O3)[C@H](C)C(=O)[C@@H]2C. The van der Waals surface area contributed by atoms with Crippen LogP contribution in [0.25, 0.3) is 0 Å². The van der Waals surface area contributed by atoms with Crippen molar-refractivity contribution in [1.29, 1.82) is 0 Å². The highest BCUT2D eigenvalue weighted by Gasteiger charge is 2.69. The highest BCUT2D eigenvalue weighted by Crippen LogP contribution is 2.54. The van der Waals surface area contributed by atoms with Crippen LogP contribution < -0.4 is 0 Å². The fraction of sp³-hybridized carbons (Fsp3) is 0.588. The quantitative estimate of drug-likeness (QED) is 0.794. The zero-order valence-electron chi connectivity index (χ0n) is 13.3. The Hall–Kier alpha value is -1.31. The van der Waals surface area contributed by atoms with E-state index in [1.54, 1.807) is 7.11 Å². The largest absolute Gasteiger partial charge is 0.373 e. The van der Waals surface area contributed by atoms with E-state index in [-0.39, 0.29) is 11.7 Å². The number of ketones is 1. The lowest BCUT2D eigenvalue weighted by molar-refractivity contribution is -0.344. The van der Waals surface area contributed by atoms with Crippen LogP contribution in [0.1, 0.15) is 25.5 Å². The van der Waals surface area contributed by atoms with Crippen molar-refractivity contribution in [2.45, 2.75) is 44.2 Å². The third-order valence-electron chi connectivity index (χ3n) is 5.27. The van der Waals surface area contributed by atoms with Crippen molar-refractivity contribution in [3.05, 3.63) is 35.9 Å². The summed E-state index contributed by atoms with van der Waals surface area (Å²) in [5.41, 5.74) is -0.169. The third kappa shape index (κ3) is 1.96. The zero-order valence-corrected chi connectivity index (χ0v) is 13.3. The minimum absolute atomic E-state index is 0.117. The second-order valence-electron chi connectivity index (χ2n) is 6.40. The van der Waals surface area contributed by atoms with E-state index in [1.807, 2.05) is 44.2 Å². The van der Waals surface area contributed by atoms with Crippen LogP contribution in [-0.2, 0) is 28.8 Å². The molecule has 6 heteroatoms. The molecular weight excluding hydrogens is 300 g/mol. The van der Waals surface area contributed by atoms with Crippen LogP contribution in [-0.4, -0.2) is 37.2 Å². The molecule has 0 amide bonds. The van der Waals surface area contributed by atoms with E-state index >= 15 is 0 Å². The Morgan fingerprint density at radius 3 is 2.61 bits per heavy atom. The van der Waals surface area contributed by atoms with E-state index in [0.29, 0.717) is 0 Å². The summed E-state index contributed by atoms with van der Waals surface area (Å²) in [4.78, 5) is 23.5. The number of fused-ring (bicyclic) bond motifs is 6. The van der Waals surface area contributed by atoms with Crippen LogP contribution in [0, 0.1) is 11.8 Å². The Kier molecular flexibility index (Phi) is 3.55. The molecule has 0 N–H and O–H groups in total. The van der Waals surface area contributed by atoms with Gasteiger partial charge in [-0.3, -0.25) is 4.79 Å². The second-order valence-corrected chi connectivity index (χ2v) is 6.40. The van der Waals surface area contributed by atoms with Crippen molar-refractivity contribution in [3.63, 3.8) is 0 Å². The van der Waals surface area contributed by atoms with Gasteiger partial charge in [-0.2, -0.15) is 9.78 Å². The van der Waals surface area contributed by atoms with Gasteiger partial charge in [0, 0.05) is 13.0 Å². The average Bonchev–Trinajstić information content (AvgIpc) is 3.02. The lowest BCUT2D eigenvalue weighted by Gasteiger charge is -2.53. The van der Waals surface area contributed by atoms with Crippen LogP contribution in [0.15, 0.2) is 30.3 Å². The molecule has 1 aromatic rings. The molecule has 3 saturated heterocycles. The van der Waals surface area contributed by atoms with Gasteiger partial charge in [-0.1, -0.05) is 44.2 Å². The maximum Gasteiger partial charge on any atom is 0.226 e. The Labute approximate surface area is 134 Å². The van der Waals surface area contributed by atoms with Crippen LogP contribution in [0.3, 0.4) is 0 Å². The average molecular weight is 320 g/mol. The fourth-order valence-electron chi connectivity index (χ4n) is 3.98. The van der Waals surface area contributed by atoms with Crippen molar-refractivity contribution < 1.29 is 28.8 Å². The van der Waals surface area contributed by atoms with Crippen LogP contribution in [0.4, 0.5) is 0 Å². The molecule has 3 aliphatic heterocycles. The van der Waals surface area contributed by atoms with Gasteiger partial charge in [-0.05, 0) is 5.56 Å². The molecule has 0 aliphatic carbocycles. The van der Waals surface area contributed by atoms with Crippen LogP contribution in [0.5, 0.6) is 0 Å². The lowest BCUT2D eigenvalue weighted by atomic mass is 9.70. The summed E-state index contributed by atoms with van der Waals surface area (Å²) >= 11 is 0. The fourth-order valence-corrected chi connectivity index (χ4v) is 3.98. The van der Waals surface area contributed by atoms with E-state index < -0.39 is 36.3 Å². The molecule has 3 aliphatic rings. The number of ether oxygens (including phenoxy) is 3. The maximum absolute atomic E-state index is 12.8. The van der Waals surface area contributed by atoms with Crippen LogP contribution in [0.2, 0.25) is 0 Å². The summed E-state index contributed by atoms with van der Waals surface area (Å²) in [6.45, 7) is 3.68. The number of Topliss-reactive ketones (excluding diaryl/α,β-unsaturated/α-hetero) is 1. The first-order valence-corrected chi connectivity index (χ1v) is 7.86. The van der Waals surface area contributed by atoms with E-state index in [4.69, 9.17) is 24.0 Å². The molecule has 0 spiro atoms. The summed E-state index contributed by atoms with van der Waals surface area (Å²) in [6.07, 6.45) is -2.49. The van der Waals surface area contributed by atoms with Gasteiger partial charge in [0.15, 0.2) is 5.60 Å². The van der Waals surface area contributed by atoms with Gasteiger partial charge in [-0.15, -0.1) is 0 Å². The van der Waals surface area contributed by atoms with E-state index in [9.17, 15) is 4.79 Å². The summed E-state index contributed by atoms with van der Waals surface area (Å²) in [6, 6.07) is 9.66. The molecular formula is C17H20O6. The molecule has 124 valence electrons. The smallest absolute Gasteiger partial charge is 0.226 e. The highest BCUT2D eigenvalue weighted by atomic mass is 17.3. The molecule has 4 rings (SSSR count). The van der Waals surface area contributed by atoms with Crippen molar-refractivity contribution in [3.8, 4) is 0 Å². The van der Waals surface area contributed by atoms with Crippen molar-refractivity contribution >= 4 is 5.78 Å². The topological polar surface area (TPSA) is 63.2 Å². The third-order valence-corrected chi connectivity index (χ3v) is 5.27. The number of rotatable bonds is 3. The van der Waals surface area contributed by atoms with Gasteiger partial charge in [0.1, 0.15) is 18.0 Å². The van der Waals surface area contributed by atoms with Crippen molar-refractivity contribution in [2.75, 3.05) is 7.11 Å². The first-order chi connectivity index (χ1) is 11.1. The van der Waals surface area contributed by atoms with Crippen molar-refractivity contribution in [1.82, 2.24) is 0 Å². The number of hydrogen-bond acceptors (Lipinski definition) is 6. The Morgan fingerprint density at radius 2 is 1.91 bits per heavy atom. The molecule has 23 heavy (non-hydrogen) atoms. The van der Waals surface area contributed by atoms with Gasteiger partial charge < -0.3 is 14.2 Å². The van der Waals surface area contributed by atoms with Gasteiger partial charge in [0.25, 0.3) is 0 Å². The predicted octanol–water partition coefficient (Wildman–Crippen LogP) is 2.00. The molecule has 3 heterocycles. The summed E-state index contributed by atoms with van der Waals surface area (Å²) in [7, 11) is 1.60. The van der Waals surface area contributed by atoms with Gasteiger partial charge >= 0.3 is 0 Å². The monoisotopic (exact) mass is 320 g/mol. The summed E-state index contributed by atoms with van der Waals surface area (Å²) in [5, 5.41) is 0. The van der Waals surface area contributed by atoms with Gasteiger partial charge in [-0.25, -0.2) is 0 Å². The zero-order chi connectivity index (χ0) is 16.2. The molecule has 4 bridgehead atoms. The standard InChI is InChI=1S/C17H20O6/c1-9-12(18)10(2)17(14(19-3)11-7-5-4-6-8-11)16-20-15(22-23-16)13(9)21-17/h4-10,13-16H,1-3H3/t9-,10+,13+,14?,15+,16-,17+/m1/s1. The number of carbonyl (C=O) groups excluding carboxylic acids is 1. The molecule has 0 saturated carbocycles. The molecule has 1 aromatic carbocycles. The molecule has 6 nitrogen and oxygen atoms in total. The van der Waals surface area contributed by atoms with E-state index in [2.05, 4.69) is 0 Å². The number of hydrogen-bond donors (Lipinski definition) is 0. The summed E-state index contributed by atoms with van der Waals surface area (Å²) in [5.74, 6) is -0.655. The Bertz CT molecular complexity index is 604. The van der Waals surface area contributed by atoms with Crippen LogP contribution >= 0.6 is 0 Å². The predicted molar refractivity (Wildman–Crippen MR) is 78.0 cm³/mol. The molecule has 0 radical (unpaired) electrons. The minimum atomic E-state index is -1.07.